The molecule has 1 aromatic heterocycles. The second-order valence-corrected chi connectivity index (χ2v) is 7.73. The average molecular weight is 375 g/mol. The van der Waals surface area contributed by atoms with E-state index in [1.807, 2.05) is 30.8 Å². The van der Waals surface area contributed by atoms with E-state index in [0.717, 1.165) is 37.7 Å². The van der Waals surface area contributed by atoms with Gasteiger partial charge in [0.25, 0.3) is 5.91 Å². The molecule has 1 aromatic carbocycles. The molecule has 0 atom stereocenters. The second-order valence-electron chi connectivity index (χ2n) is 6.51. The van der Waals surface area contributed by atoms with Crippen LogP contribution in [0.2, 0.25) is 0 Å². The third-order valence-electron chi connectivity index (χ3n) is 4.36. The number of hydrogen-bond donors (Lipinski definition) is 1. The van der Waals surface area contributed by atoms with E-state index >= 15 is 0 Å². The van der Waals surface area contributed by atoms with Crippen molar-refractivity contribution in [1.82, 2.24) is 25.2 Å². The Labute approximate surface area is 158 Å². The van der Waals surface area contributed by atoms with E-state index in [1.165, 1.54) is 11.3 Å². The standard InChI is InChI=1S/C18H26N6OS/c1-22(2)16-5-3-15(4-6-16)13-19-7-8-24-14-17(20-21-24)18(25)23-9-11-26-12-10-23/h3-6,14,19H,7-13H2,1-2H3. The van der Waals surface area contributed by atoms with Gasteiger partial charge < -0.3 is 15.1 Å². The van der Waals surface area contributed by atoms with Crippen LogP contribution in [-0.4, -0.2) is 71.0 Å². The van der Waals surface area contributed by atoms with Gasteiger partial charge in [0.15, 0.2) is 5.69 Å². The zero-order chi connectivity index (χ0) is 18.4. The molecular weight excluding hydrogens is 348 g/mol. The van der Waals surface area contributed by atoms with Crippen LogP contribution in [0.4, 0.5) is 5.69 Å². The molecule has 3 rings (SSSR count). The highest BCUT2D eigenvalue weighted by atomic mass is 32.2. The predicted molar refractivity (Wildman–Crippen MR) is 106 cm³/mol. The molecule has 0 aliphatic carbocycles. The van der Waals surface area contributed by atoms with Crippen LogP contribution in [-0.2, 0) is 13.1 Å². The van der Waals surface area contributed by atoms with Gasteiger partial charge in [0.1, 0.15) is 0 Å². The van der Waals surface area contributed by atoms with Gasteiger partial charge >= 0.3 is 0 Å². The fraction of sp³-hybridized carbons (Fsp3) is 0.500. The molecule has 1 amide bonds. The zero-order valence-electron chi connectivity index (χ0n) is 15.4. The van der Waals surface area contributed by atoms with Crippen LogP contribution in [0.3, 0.4) is 0 Å². The average Bonchev–Trinajstić information content (AvgIpc) is 3.14. The van der Waals surface area contributed by atoms with Crippen molar-refractivity contribution in [3.63, 3.8) is 0 Å². The quantitative estimate of drug-likeness (QED) is 0.738. The molecule has 26 heavy (non-hydrogen) atoms. The first-order chi connectivity index (χ1) is 12.6. The molecule has 0 spiro atoms. The lowest BCUT2D eigenvalue weighted by Gasteiger charge is -2.25. The molecule has 0 unspecified atom stereocenters. The number of thioether (sulfide) groups is 1. The molecule has 2 heterocycles. The summed E-state index contributed by atoms with van der Waals surface area (Å²) in [4.78, 5) is 16.3. The van der Waals surface area contributed by atoms with Gasteiger partial charge in [0.2, 0.25) is 0 Å². The van der Waals surface area contributed by atoms with Crippen molar-refractivity contribution in [3.05, 3.63) is 41.7 Å². The summed E-state index contributed by atoms with van der Waals surface area (Å²) in [7, 11) is 4.07. The maximum atomic E-state index is 12.4. The Hall–Kier alpha value is -2.06. The van der Waals surface area contributed by atoms with E-state index in [-0.39, 0.29) is 5.91 Å². The minimum Gasteiger partial charge on any atom is -0.378 e. The number of carbonyl (C=O) groups is 1. The summed E-state index contributed by atoms with van der Waals surface area (Å²) in [6.45, 7) is 3.85. The van der Waals surface area contributed by atoms with Gasteiger partial charge in [0, 0.05) is 57.5 Å². The molecule has 2 aromatic rings. The van der Waals surface area contributed by atoms with Crippen molar-refractivity contribution in [2.75, 3.05) is 50.1 Å². The van der Waals surface area contributed by atoms with Crippen LogP contribution in [0.1, 0.15) is 16.1 Å². The molecule has 7 nitrogen and oxygen atoms in total. The number of nitrogens with one attached hydrogen (secondary N) is 1. The number of hydrogen-bond acceptors (Lipinski definition) is 6. The van der Waals surface area contributed by atoms with Gasteiger partial charge in [-0.25, -0.2) is 0 Å². The third kappa shape index (κ3) is 4.98. The summed E-state index contributed by atoms with van der Waals surface area (Å²) < 4.78 is 1.73. The van der Waals surface area contributed by atoms with E-state index in [1.54, 1.807) is 10.9 Å². The molecular formula is C18H26N6OS. The highest BCUT2D eigenvalue weighted by molar-refractivity contribution is 7.99. The number of carbonyl (C=O) groups excluding carboxylic acids is 1. The Bertz CT molecular complexity index is 709. The van der Waals surface area contributed by atoms with Gasteiger partial charge in [-0.2, -0.15) is 11.8 Å². The Balaban J connectivity index is 1.42. The van der Waals surface area contributed by atoms with E-state index in [4.69, 9.17) is 0 Å². The Morgan fingerprint density at radius 1 is 1.23 bits per heavy atom. The van der Waals surface area contributed by atoms with Crippen LogP contribution in [0.5, 0.6) is 0 Å². The van der Waals surface area contributed by atoms with Crippen molar-refractivity contribution in [3.8, 4) is 0 Å². The fourth-order valence-electron chi connectivity index (χ4n) is 2.77. The van der Waals surface area contributed by atoms with E-state index in [9.17, 15) is 4.79 Å². The van der Waals surface area contributed by atoms with E-state index < -0.39 is 0 Å². The smallest absolute Gasteiger partial charge is 0.276 e. The molecule has 1 aliphatic rings. The normalized spacial score (nSPS) is 14.5. The van der Waals surface area contributed by atoms with Crippen LogP contribution in [0.25, 0.3) is 0 Å². The lowest BCUT2D eigenvalue weighted by Crippen LogP contribution is -2.38. The molecule has 0 radical (unpaired) electrons. The van der Waals surface area contributed by atoms with E-state index in [0.29, 0.717) is 12.2 Å². The van der Waals surface area contributed by atoms with E-state index in [2.05, 4.69) is 44.8 Å². The van der Waals surface area contributed by atoms with Gasteiger partial charge in [0.05, 0.1) is 12.7 Å². The van der Waals surface area contributed by atoms with Gasteiger partial charge in [-0.15, -0.1) is 5.10 Å². The first-order valence-electron chi connectivity index (χ1n) is 8.87. The van der Waals surface area contributed by atoms with Crippen molar-refractivity contribution in [2.24, 2.45) is 0 Å². The summed E-state index contributed by atoms with van der Waals surface area (Å²) in [6.07, 6.45) is 1.75. The highest BCUT2D eigenvalue weighted by Crippen LogP contribution is 2.12. The summed E-state index contributed by atoms with van der Waals surface area (Å²) in [5.41, 5.74) is 2.88. The molecule has 140 valence electrons. The number of anilines is 1. The summed E-state index contributed by atoms with van der Waals surface area (Å²) >= 11 is 1.88. The molecule has 0 saturated carbocycles. The van der Waals surface area contributed by atoms with Crippen molar-refractivity contribution >= 4 is 23.4 Å². The predicted octanol–water partition coefficient (Wildman–Crippen LogP) is 1.32. The topological polar surface area (TPSA) is 66.3 Å². The van der Waals surface area contributed by atoms with Crippen LogP contribution in [0, 0.1) is 0 Å². The summed E-state index contributed by atoms with van der Waals surface area (Å²) in [5, 5.41) is 11.5. The van der Waals surface area contributed by atoms with Crippen LogP contribution < -0.4 is 10.2 Å². The van der Waals surface area contributed by atoms with Crippen LogP contribution >= 0.6 is 11.8 Å². The van der Waals surface area contributed by atoms with Crippen molar-refractivity contribution in [2.45, 2.75) is 13.1 Å². The number of aromatic nitrogens is 3. The van der Waals surface area contributed by atoms with Gasteiger partial charge in [-0.3, -0.25) is 9.48 Å². The Morgan fingerprint density at radius 3 is 2.65 bits per heavy atom. The second kappa shape index (κ2) is 9.05. The molecule has 1 N–H and O–H groups in total. The molecule has 8 heteroatoms. The highest BCUT2D eigenvalue weighted by Gasteiger charge is 2.20. The van der Waals surface area contributed by atoms with Crippen LogP contribution in [0.15, 0.2) is 30.5 Å². The number of benzene rings is 1. The van der Waals surface area contributed by atoms with Gasteiger partial charge in [-0.1, -0.05) is 17.3 Å². The Morgan fingerprint density at radius 2 is 1.96 bits per heavy atom. The number of rotatable bonds is 7. The first-order valence-corrected chi connectivity index (χ1v) is 10.0. The largest absolute Gasteiger partial charge is 0.378 e. The molecule has 1 aliphatic heterocycles. The monoisotopic (exact) mass is 374 g/mol. The lowest BCUT2D eigenvalue weighted by atomic mass is 10.2. The summed E-state index contributed by atoms with van der Waals surface area (Å²) in [6, 6.07) is 8.49. The lowest BCUT2D eigenvalue weighted by molar-refractivity contribution is 0.0766. The maximum absolute atomic E-state index is 12.4. The SMILES string of the molecule is CN(C)c1ccc(CNCCn2cc(C(=O)N3CCSCC3)nn2)cc1. The maximum Gasteiger partial charge on any atom is 0.276 e. The van der Waals surface area contributed by atoms with Crippen molar-refractivity contribution in [1.29, 1.82) is 0 Å². The zero-order valence-corrected chi connectivity index (χ0v) is 16.2. The molecule has 1 fully saturated rings. The number of amides is 1. The molecule has 1 saturated heterocycles. The van der Waals surface area contributed by atoms with Gasteiger partial charge in [-0.05, 0) is 17.7 Å². The number of nitrogens with zero attached hydrogens (tertiary/aromatic N) is 5. The fourth-order valence-corrected chi connectivity index (χ4v) is 3.68. The third-order valence-corrected chi connectivity index (χ3v) is 5.30. The minimum atomic E-state index is -0.00880. The Kier molecular flexibility index (Phi) is 6.51. The summed E-state index contributed by atoms with van der Waals surface area (Å²) in [5.74, 6) is 1.99. The molecule has 0 bridgehead atoms. The first kappa shape index (κ1) is 18.7. The van der Waals surface area contributed by atoms with Crippen molar-refractivity contribution < 1.29 is 4.79 Å². The minimum absolute atomic E-state index is 0.00880.